The second-order valence-electron chi connectivity index (χ2n) is 10.3. The Labute approximate surface area is 252 Å². The highest BCUT2D eigenvalue weighted by molar-refractivity contribution is 7.98. The van der Waals surface area contributed by atoms with Crippen LogP contribution in [0.25, 0.3) is 11.1 Å². The van der Waals surface area contributed by atoms with Gasteiger partial charge in [0.25, 0.3) is 5.91 Å². The number of hydroxylamine groups is 1. The van der Waals surface area contributed by atoms with E-state index in [2.05, 4.69) is 35.1 Å². The van der Waals surface area contributed by atoms with E-state index in [1.807, 2.05) is 86.0 Å². The number of nitrogens with one attached hydrogen (secondary N) is 2. The van der Waals surface area contributed by atoms with E-state index < -0.39 is 17.9 Å². The molecule has 0 fully saturated rings. The van der Waals surface area contributed by atoms with Crippen LogP contribution in [0.2, 0.25) is 0 Å². The zero-order valence-corrected chi connectivity index (χ0v) is 24.9. The lowest BCUT2D eigenvalue weighted by Gasteiger charge is -2.20. The Balaban J connectivity index is 1.52. The Morgan fingerprint density at radius 2 is 1.43 bits per heavy atom. The average molecular weight is 583 g/mol. The predicted octanol–water partition coefficient (Wildman–Crippen LogP) is 6.47. The van der Waals surface area contributed by atoms with Gasteiger partial charge in [0, 0.05) is 11.6 Å². The normalized spacial score (nSPS) is 11.8. The van der Waals surface area contributed by atoms with Crippen molar-refractivity contribution in [2.75, 3.05) is 12.0 Å². The molecule has 7 heteroatoms. The predicted molar refractivity (Wildman–Crippen MR) is 171 cm³/mol. The third-order valence-corrected chi connectivity index (χ3v) is 7.76. The van der Waals surface area contributed by atoms with Crippen LogP contribution in [0.3, 0.4) is 0 Å². The van der Waals surface area contributed by atoms with E-state index in [9.17, 15) is 14.7 Å². The van der Waals surface area contributed by atoms with Crippen molar-refractivity contribution in [1.82, 2.24) is 10.8 Å². The third kappa shape index (κ3) is 9.05. The lowest BCUT2D eigenvalue weighted by molar-refractivity contribution is -0.139. The van der Waals surface area contributed by atoms with Crippen LogP contribution in [0, 0.1) is 6.92 Å². The van der Waals surface area contributed by atoms with E-state index in [1.54, 1.807) is 17.8 Å². The summed E-state index contributed by atoms with van der Waals surface area (Å²) in [4.78, 5) is 31.2. The number of carbonyl (C=O) groups is 2. The van der Waals surface area contributed by atoms with Crippen molar-refractivity contribution >= 4 is 23.6 Å². The zero-order valence-electron chi connectivity index (χ0n) is 24.1. The van der Waals surface area contributed by atoms with Gasteiger partial charge in [-0.15, -0.1) is 0 Å². The van der Waals surface area contributed by atoms with Gasteiger partial charge in [-0.25, -0.2) is 4.79 Å². The lowest BCUT2D eigenvalue weighted by Crippen LogP contribution is -2.41. The summed E-state index contributed by atoms with van der Waals surface area (Å²) in [6.07, 6.45) is 3.89. The molecular formula is C35H38N2O4S. The number of rotatable bonds is 15. The third-order valence-electron chi connectivity index (χ3n) is 7.12. The highest BCUT2D eigenvalue weighted by Gasteiger charge is 2.23. The van der Waals surface area contributed by atoms with E-state index in [4.69, 9.17) is 4.84 Å². The number of aryl methyl sites for hydroxylation is 1. The quantitative estimate of drug-likeness (QED) is 0.139. The summed E-state index contributed by atoms with van der Waals surface area (Å²) >= 11 is 1.55. The van der Waals surface area contributed by atoms with Crippen LogP contribution in [0.15, 0.2) is 103 Å². The monoisotopic (exact) mass is 582 g/mol. The topological polar surface area (TPSA) is 87.7 Å². The van der Waals surface area contributed by atoms with Crippen LogP contribution in [-0.2, 0) is 29.1 Å². The number of aliphatic carboxylic acids is 1. The summed E-state index contributed by atoms with van der Waals surface area (Å²) in [5.41, 5.74) is 9.74. The molecule has 42 heavy (non-hydrogen) atoms. The smallest absolute Gasteiger partial charge is 0.326 e. The first-order valence-electron chi connectivity index (χ1n) is 14.1. The largest absolute Gasteiger partial charge is 0.480 e. The number of carboxylic acids is 1. The molecule has 3 N–H and O–H groups in total. The maximum atomic E-state index is 13.4. The maximum Gasteiger partial charge on any atom is 0.326 e. The van der Waals surface area contributed by atoms with Crippen LogP contribution in [-0.4, -0.2) is 41.1 Å². The minimum Gasteiger partial charge on any atom is -0.480 e. The molecule has 0 aliphatic carbocycles. The van der Waals surface area contributed by atoms with Gasteiger partial charge in [-0.05, 0) is 83.7 Å². The summed E-state index contributed by atoms with van der Waals surface area (Å²) < 4.78 is 0. The standard InChI is InChI=1S/C35H38N2O4S/c1-25-11-9-10-16-30(25)32-23-28(17-18-31(32)34(38)36-33(35(39)40)19-20-42-2)24-41-37-29(21-26-12-5-3-6-13-26)22-27-14-7-4-8-15-27/h3-18,23,29,33,37H,19-22,24H2,1-2H3,(H,36,38)(H,39,40)/t33-/m0/s1. The summed E-state index contributed by atoms with van der Waals surface area (Å²) in [6.45, 7) is 2.30. The van der Waals surface area contributed by atoms with Crippen molar-refractivity contribution in [3.8, 4) is 11.1 Å². The van der Waals surface area contributed by atoms with Crippen LogP contribution in [0.1, 0.15) is 39.0 Å². The number of benzene rings is 4. The summed E-state index contributed by atoms with van der Waals surface area (Å²) in [5.74, 6) is -0.801. The molecule has 218 valence electrons. The fraction of sp³-hybridized carbons (Fsp3) is 0.257. The van der Waals surface area contributed by atoms with Crippen molar-refractivity contribution in [3.05, 3.63) is 131 Å². The highest BCUT2D eigenvalue weighted by Crippen LogP contribution is 2.28. The first-order valence-corrected chi connectivity index (χ1v) is 15.5. The molecular weight excluding hydrogens is 544 g/mol. The van der Waals surface area contributed by atoms with Gasteiger partial charge in [0.15, 0.2) is 0 Å². The van der Waals surface area contributed by atoms with Gasteiger partial charge in [0.2, 0.25) is 0 Å². The SMILES string of the molecule is CSCC[C@H](NC(=O)c1ccc(CONC(Cc2ccccc2)Cc2ccccc2)cc1-c1ccccc1C)C(=O)O. The minimum atomic E-state index is -1.04. The Morgan fingerprint density at radius 1 is 0.810 bits per heavy atom. The van der Waals surface area contributed by atoms with Gasteiger partial charge in [-0.2, -0.15) is 17.2 Å². The molecule has 1 atom stereocenters. The van der Waals surface area contributed by atoms with Crippen molar-refractivity contribution in [2.24, 2.45) is 0 Å². The molecule has 0 saturated heterocycles. The average Bonchev–Trinajstić information content (AvgIpc) is 3.00. The minimum absolute atomic E-state index is 0.0601. The van der Waals surface area contributed by atoms with Gasteiger partial charge in [0.05, 0.1) is 6.61 Å². The Morgan fingerprint density at radius 3 is 2.02 bits per heavy atom. The lowest BCUT2D eigenvalue weighted by atomic mass is 9.93. The molecule has 0 aliphatic heterocycles. The number of hydrogen-bond acceptors (Lipinski definition) is 5. The Kier molecular flexibility index (Phi) is 11.8. The molecule has 4 rings (SSSR count). The fourth-order valence-corrected chi connectivity index (χ4v) is 5.37. The van der Waals surface area contributed by atoms with Crippen molar-refractivity contribution in [1.29, 1.82) is 0 Å². The first-order chi connectivity index (χ1) is 20.4. The van der Waals surface area contributed by atoms with E-state index in [0.717, 1.165) is 35.1 Å². The summed E-state index contributed by atoms with van der Waals surface area (Å²) in [6, 6.07) is 33.2. The molecule has 0 unspecified atom stereocenters. The van der Waals surface area contributed by atoms with Gasteiger partial charge < -0.3 is 10.4 Å². The molecule has 0 spiro atoms. The molecule has 6 nitrogen and oxygen atoms in total. The van der Waals surface area contributed by atoms with Crippen molar-refractivity contribution in [2.45, 2.75) is 44.9 Å². The van der Waals surface area contributed by atoms with Crippen molar-refractivity contribution in [3.63, 3.8) is 0 Å². The molecule has 0 radical (unpaired) electrons. The second-order valence-corrected chi connectivity index (χ2v) is 11.3. The highest BCUT2D eigenvalue weighted by atomic mass is 32.2. The zero-order chi connectivity index (χ0) is 29.7. The Bertz CT molecular complexity index is 1400. The fourth-order valence-electron chi connectivity index (χ4n) is 4.90. The van der Waals surface area contributed by atoms with Gasteiger partial charge in [0.1, 0.15) is 6.04 Å². The number of amides is 1. The molecule has 0 bridgehead atoms. The van der Waals surface area contributed by atoms with Gasteiger partial charge >= 0.3 is 5.97 Å². The number of thioether (sulfide) groups is 1. The molecule has 4 aromatic carbocycles. The van der Waals surface area contributed by atoms with Crippen molar-refractivity contribution < 1.29 is 19.5 Å². The number of hydrogen-bond donors (Lipinski definition) is 3. The molecule has 4 aromatic rings. The molecule has 1 amide bonds. The van der Waals surface area contributed by atoms with Gasteiger partial charge in [-0.1, -0.05) is 91.0 Å². The van der Waals surface area contributed by atoms with Crippen LogP contribution in [0.4, 0.5) is 0 Å². The number of carbonyl (C=O) groups excluding carboxylic acids is 1. The van der Waals surface area contributed by atoms with Crippen LogP contribution in [0.5, 0.6) is 0 Å². The summed E-state index contributed by atoms with van der Waals surface area (Å²) in [5, 5.41) is 12.4. The number of carboxylic acid groups (broad SMARTS) is 1. The van der Waals surface area contributed by atoms with E-state index in [1.165, 1.54) is 11.1 Å². The molecule has 0 heterocycles. The van der Waals surface area contributed by atoms with Crippen LogP contribution >= 0.6 is 11.8 Å². The van der Waals surface area contributed by atoms with E-state index in [-0.39, 0.29) is 6.04 Å². The Hall–Kier alpha value is -3.91. The molecule has 0 aliphatic rings. The molecule has 0 aromatic heterocycles. The second kappa shape index (κ2) is 15.9. The summed E-state index contributed by atoms with van der Waals surface area (Å²) in [7, 11) is 0. The van der Waals surface area contributed by atoms with Crippen LogP contribution < -0.4 is 10.8 Å². The van der Waals surface area contributed by atoms with E-state index in [0.29, 0.717) is 24.3 Å². The first kappa shape index (κ1) is 31.0. The molecule has 0 saturated carbocycles. The maximum absolute atomic E-state index is 13.4. The van der Waals surface area contributed by atoms with E-state index >= 15 is 0 Å². The van der Waals surface area contributed by atoms with Gasteiger partial charge in [-0.3, -0.25) is 9.63 Å².